The molecule has 0 aromatic carbocycles. The molecule has 1 aromatic rings. The van der Waals surface area contributed by atoms with E-state index in [1.165, 1.54) is 0 Å². The van der Waals surface area contributed by atoms with E-state index in [0.29, 0.717) is 6.42 Å². The van der Waals surface area contributed by atoms with Crippen LogP contribution in [0.4, 0.5) is 0 Å². The van der Waals surface area contributed by atoms with Crippen molar-refractivity contribution in [1.82, 2.24) is 9.55 Å². The van der Waals surface area contributed by atoms with Gasteiger partial charge in [-0.3, -0.25) is 18.9 Å². The van der Waals surface area contributed by atoms with Crippen LogP contribution < -0.4 is 11.2 Å². The molecule has 6 N–H and O–H groups in total. The number of hydrogen-bond donors (Lipinski definition) is 6. The van der Waals surface area contributed by atoms with Gasteiger partial charge in [-0.25, -0.2) is 18.5 Å². The van der Waals surface area contributed by atoms with Crippen LogP contribution in [-0.4, -0.2) is 52.5 Å². The first-order chi connectivity index (χ1) is 13.6. The second-order valence-corrected chi connectivity index (χ2v) is 11.0. The predicted octanol–water partition coefficient (Wildman–Crippen LogP) is -1.08. The number of aromatic nitrogens is 2. The fourth-order valence-electron chi connectivity index (χ4n) is 3.44. The molecule has 2 bridgehead atoms. The van der Waals surface area contributed by atoms with Crippen LogP contribution >= 0.6 is 23.5 Å². The molecule has 2 unspecified atom stereocenters. The summed E-state index contributed by atoms with van der Waals surface area (Å²) in [5.74, 6) is -0.641. The van der Waals surface area contributed by atoms with Gasteiger partial charge >= 0.3 is 29.2 Å². The SMILES string of the molecule is O=c1ccn([C@@H]2O[C@@]3(COP(=O)(O)OP(=O)(O)OP(=O)(O)O)CC[C@@H]2[C@@H]3O)c(=O)[nH]1. The summed E-state index contributed by atoms with van der Waals surface area (Å²) >= 11 is 0. The van der Waals surface area contributed by atoms with E-state index in [-0.39, 0.29) is 6.42 Å². The minimum absolute atomic E-state index is 0.114. The van der Waals surface area contributed by atoms with Gasteiger partial charge in [-0.1, -0.05) is 0 Å². The first-order valence-electron chi connectivity index (χ1n) is 8.09. The molecule has 1 aliphatic carbocycles. The number of aliphatic hydroxyl groups is 1. The highest BCUT2D eigenvalue weighted by molar-refractivity contribution is 7.66. The summed E-state index contributed by atoms with van der Waals surface area (Å²) in [7, 11) is -16.6. The maximum absolute atomic E-state index is 12.0. The third-order valence-corrected chi connectivity index (χ3v) is 8.36. The molecule has 0 radical (unpaired) electrons. The lowest BCUT2D eigenvalue weighted by Crippen LogP contribution is -2.42. The van der Waals surface area contributed by atoms with E-state index in [4.69, 9.17) is 19.4 Å². The molecule has 16 nitrogen and oxygen atoms in total. The van der Waals surface area contributed by atoms with Gasteiger partial charge in [-0.15, -0.1) is 0 Å². The number of hydrogen-bond acceptors (Lipinski definition) is 10. The van der Waals surface area contributed by atoms with Gasteiger partial charge in [0.1, 0.15) is 11.8 Å². The Bertz CT molecular complexity index is 1080. The van der Waals surface area contributed by atoms with Gasteiger partial charge in [0.15, 0.2) is 0 Å². The third kappa shape index (κ3) is 5.07. The van der Waals surface area contributed by atoms with E-state index in [1.807, 2.05) is 4.98 Å². The van der Waals surface area contributed by atoms with Gasteiger partial charge in [0, 0.05) is 18.2 Å². The molecular formula is C11H17N2O14P3. The molecule has 19 heteroatoms. The molecule has 1 aliphatic heterocycles. The lowest BCUT2D eigenvalue weighted by Gasteiger charge is -2.31. The first-order valence-corrected chi connectivity index (χ1v) is 12.6. The Morgan fingerprint density at radius 2 is 1.83 bits per heavy atom. The molecule has 2 heterocycles. The predicted molar refractivity (Wildman–Crippen MR) is 92.7 cm³/mol. The number of phosphoric acid groups is 3. The van der Waals surface area contributed by atoms with E-state index in [9.17, 15) is 33.3 Å². The first kappa shape index (κ1) is 23.7. The van der Waals surface area contributed by atoms with Crippen molar-refractivity contribution in [3.05, 3.63) is 33.1 Å². The smallest absolute Gasteiger partial charge is 0.390 e. The molecule has 2 aliphatic rings. The van der Waals surface area contributed by atoms with Crippen molar-refractivity contribution in [2.45, 2.75) is 30.8 Å². The lowest BCUT2D eigenvalue weighted by molar-refractivity contribution is -0.138. The Labute approximate surface area is 166 Å². The number of nitrogens with zero attached hydrogens (tertiary/aromatic N) is 1. The number of aliphatic hydroxyl groups excluding tert-OH is 1. The molecule has 2 fully saturated rings. The minimum atomic E-state index is -5.69. The maximum Gasteiger partial charge on any atom is 0.490 e. The number of phosphoric ester groups is 1. The van der Waals surface area contributed by atoms with Crippen LogP contribution in [0.5, 0.6) is 0 Å². The summed E-state index contributed by atoms with van der Waals surface area (Å²) in [6, 6.07) is 1.06. The molecule has 3 rings (SSSR count). The van der Waals surface area contributed by atoms with Crippen LogP contribution in [0, 0.1) is 5.92 Å². The summed E-state index contributed by atoms with van der Waals surface area (Å²) in [5, 5.41) is 10.5. The zero-order valence-electron chi connectivity index (χ0n) is 14.7. The van der Waals surface area contributed by atoms with Crippen LogP contribution in [0.15, 0.2) is 21.9 Å². The van der Waals surface area contributed by atoms with Gasteiger partial charge in [0.2, 0.25) is 0 Å². The topological polar surface area (TPSA) is 244 Å². The van der Waals surface area contributed by atoms with Crippen molar-refractivity contribution in [2.75, 3.05) is 6.61 Å². The van der Waals surface area contributed by atoms with Crippen molar-refractivity contribution in [3.63, 3.8) is 0 Å². The molecule has 6 atom stereocenters. The van der Waals surface area contributed by atoms with Gasteiger partial charge in [0.25, 0.3) is 5.56 Å². The minimum Gasteiger partial charge on any atom is -0.390 e. The highest BCUT2D eigenvalue weighted by Crippen LogP contribution is 2.67. The van der Waals surface area contributed by atoms with E-state index in [2.05, 4.69) is 13.1 Å². The van der Waals surface area contributed by atoms with Gasteiger partial charge in [-0.2, -0.15) is 8.62 Å². The van der Waals surface area contributed by atoms with Crippen LogP contribution in [-0.2, 0) is 31.6 Å². The van der Waals surface area contributed by atoms with Gasteiger partial charge in [-0.05, 0) is 12.8 Å². The number of H-pyrrole nitrogens is 1. The van der Waals surface area contributed by atoms with Crippen molar-refractivity contribution in [2.24, 2.45) is 5.92 Å². The zero-order chi connectivity index (χ0) is 22.5. The monoisotopic (exact) mass is 494 g/mol. The average molecular weight is 494 g/mol. The normalized spacial score (nSPS) is 32.6. The van der Waals surface area contributed by atoms with Crippen LogP contribution in [0.25, 0.3) is 0 Å². The molecule has 170 valence electrons. The molecular weight excluding hydrogens is 477 g/mol. The van der Waals surface area contributed by atoms with Gasteiger partial charge in [0.05, 0.1) is 12.7 Å². The number of nitrogens with one attached hydrogen (secondary N) is 1. The van der Waals surface area contributed by atoms with E-state index >= 15 is 0 Å². The summed E-state index contributed by atoms with van der Waals surface area (Å²) < 4.78 is 52.4. The number of rotatable bonds is 8. The average Bonchev–Trinajstić information content (AvgIpc) is 3.00. The van der Waals surface area contributed by atoms with Gasteiger partial charge < -0.3 is 29.4 Å². The van der Waals surface area contributed by atoms with E-state index < -0.39 is 65.2 Å². The Balaban J connectivity index is 1.73. The second-order valence-electron chi connectivity index (χ2n) is 6.60. The van der Waals surface area contributed by atoms with Crippen molar-refractivity contribution in [3.8, 4) is 0 Å². The van der Waals surface area contributed by atoms with Crippen molar-refractivity contribution < 1.29 is 56.3 Å². The number of aromatic amines is 1. The van der Waals surface area contributed by atoms with E-state index in [0.717, 1.165) is 16.8 Å². The number of ether oxygens (including phenoxy) is 1. The van der Waals surface area contributed by atoms with Crippen LogP contribution in [0.2, 0.25) is 0 Å². The van der Waals surface area contributed by atoms with Crippen molar-refractivity contribution in [1.29, 1.82) is 0 Å². The fourth-order valence-corrected chi connectivity index (χ4v) is 6.51. The molecule has 0 spiro atoms. The van der Waals surface area contributed by atoms with Crippen molar-refractivity contribution >= 4 is 23.5 Å². The molecule has 1 saturated heterocycles. The standard InChI is InChI=1S/C11H17N2O14P3/c14-7-2-4-13(10(16)12-7)9-6-1-3-11(25-9,8(6)15)5-24-29(20,21)27-30(22,23)26-28(17,18)19/h2,4,6,8-9,15H,1,3,5H2,(H,20,21)(H,22,23)(H,12,14,16)(H2,17,18,19)/t6-,8+,9-,11-/m1/s1. The number of fused-ring (bicyclic) bond motifs is 2. The molecule has 0 amide bonds. The molecule has 1 saturated carbocycles. The summed E-state index contributed by atoms with van der Waals surface area (Å²) in [5.41, 5.74) is -3.06. The maximum atomic E-state index is 12.0. The fraction of sp³-hybridized carbons (Fsp3) is 0.636. The third-order valence-electron chi connectivity index (χ3n) is 4.58. The summed E-state index contributed by atoms with van der Waals surface area (Å²) in [6.45, 7) is -0.844. The van der Waals surface area contributed by atoms with Crippen LogP contribution in [0.1, 0.15) is 19.1 Å². The summed E-state index contributed by atoms with van der Waals surface area (Å²) in [4.78, 5) is 61.0. The highest BCUT2D eigenvalue weighted by Gasteiger charge is 2.61. The van der Waals surface area contributed by atoms with E-state index in [1.54, 1.807) is 0 Å². The quantitative estimate of drug-likeness (QED) is 0.236. The largest absolute Gasteiger partial charge is 0.490 e. The van der Waals surface area contributed by atoms with Crippen LogP contribution in [0.3, 0.4) is 0 Å². The molecule has 30 heavy (non-hydrogen) atoms. The lowest BCUT2D eigenvalue weighted by atomic mass is 10.0. The highest BCUT2D eigenvalue weighted by atomic mass is 31.3. The summed E-state index contributed by atoms with van der Waals surface area (Å²) in [6.07, 6.45) is -0.758. The zero-order valence-corrected chi connectivity index (χ0v) is 17.4. The Morgan fingerprint density at radius 3 is 2.43 bits per heavy atom. The second kappa shape index (κ2) is 7.85. The molecule has 1 aromatic heterocycles. The Hall–Kier alpha value is -0.990. The Kier molecular flexibility index (Phi) is 6.20. The Morgan fingerprint density at radius 1 is 1.17 bits per heavy atom.